The summed E-state index contributed by atoms with van der Waals surface area (Å²) in [6.45, 7) is 6.30. The predicted molar refractivity (Wildman–Crippen MR) is 77.6 cm³/mol. The second kappa shape index (κ2) is 5.27. The molecule has 0 aliphatic carbocycles. The molecule has 1 atom stereocenters. The predicted octanol–water partition coefficient (Wildman–Crippen LogP) is 2.61. The number of aryl methyl sites for hydroxylation is 2. The van der Waals surface area contributed by atoms with Gasteiger partial charge in [0.2, 0.25) is 5.91 Å². The molecular formula is C16H21NO3. The monoisotopic (exact) mass is 275 g/mol. The number of benzene rings is 1. The maximum atomic E-state index is 12.4. The van der Waals surface area contributed by atoms with Crippen LogP contribution in [0.2, 0.25) is 0 Å². The molecule has 1 aliphatic heterocycles. The number of methoxy groups -OCH3 is 1. The Bertz CT molecular complexity index is 532. The van der Waals surface area contributed by atoms with Gasteiger partial charge in [0.1, 0.15) is 0 Å². The topological polar surface area (TPSA) is 46.6 Å². The highest BCUT2D eigenvalue weighted by atomic mass is 16.5. The summed E-state index contributed by atoms with van der Waals surface area (Å²) in [5.41, 5.74) is 2.32. The summed E-state index contributed by atoms with van der Waals surface area (Å²) in [6, 6.07) is 5.95. The van der Waals surface area contributed by atoms with E-state index in [9.17, 15) is 9.59 Å². The molecular weight excluding hydrogens is 254 g/mol. The molecule has 0 radical (unpaired) electrons. The molecule has 20 heavy (non-hydrogen) atoms. The average molecular weight is 275 g/mol. The van der Waals surface area contributed by atoms with Crippen LogP contribution < -0.4 is 4.90 Å². The zero-order valence-electron chi connectivity index (χ0n) is 12.5. The van der Waals surface area contributed by atoms with Gasteiger partial charge in [-0.25, -0.2) is 0 Å². The minimum Gasteiger partial charge on any atom is -0.469 e. The maximum absolute atomic E-state index is 12.4. The first-order chi connectivity index (χ1) is 9.45. The van der Waals surface area contributed by atoms with Crippen molar-refractivity contribution in [3.63, 3.8) is 0 Å². The largest absolute Gasteiger partial charge is 0.469 e. The van der Waals surface area contributed by atoms with Crippen molar-refractivity contribution in [3.8, 4) is 0 Å². The molecule has 0 saturated carbocycles. The van der Waals surface area contributed by atoms with E-state index < -0.39 is 5.41 Å². The highest BCUT2D eigenvalue weighted by Crippen LogP contribution is 2.40. The van der Waals surface area contributed by atoms with Crippen LogP contribution >= 0.6 is 0 Å². The van der Waals surface area contributed by atoms with Gasteiger partial charge in [0.15, 0.2) is 0 Å². The third-order valence-electron chi connectivity index (χ3n) is 4.26. The van der Waals surface area contributed by atoms with Gasteiger partial charge in [-0.3, -0.25) is 9.59 Å². The van der Waals surface area contributed by atoms with E-state index in [-0.39, 0.29) is 18.3 Å². The Morgan fingerprint density at radius 1 is 1.35 bits per heavy atom. The van der Waals surface area contributed by atoms with E-state index in [0.29, 0.717) is 13.0 Å². The molecule has 0 bridgehead atoms. The van der Waals surface area contributed by atoms with Crippen LogP contribution in [0.25, 0.3) is 0 Å². The van der Waals surface area contributed by atoms with Crippen LogP contribution in [0.15, 0.2) is 18.2 Å². The summed E-state index contributed by atoms with van der Waals surface area (Å²) < 4.78 is 4.90. The number of anilines is 1. The molecule has 0 aromatic heterocycles. The Morgan fingerprint density at radius 2 is 1.95 bits per heavy atom. The van der Waals surface area contributed by atoms with Crippen LogP contribution in [0.5, 0.6) is 0 Å². The minimum atomic E-state index is -0.708. The highest BCUT2D eigenvalue weighted by molar-refractivity contribution is 6.02. The number of hydrogen-bond acceptors (Lipinski definition) is 3. The quantitative estimate of drug-likeness (QED) is 0.797. The fourth-order valence-corrected chi connectivity index (χ4v) is 3.00. The van der Waals surface area contributed by atoms with Gasteiger partial charge in [-0.1, -0.05) is 25.1 Å². The molecule has 1 amide bonds. The van der Waals surface area contributed by atoms with Crippen molar-refractivity contribution in [2.24, 2.45) is 5.41 Å². The number of nitrogens with zero attached hydrogens (tertiary/aromatic N) is 1. The number of hydrogen-bond donors (Lipinski definition) is 0. The van der Waals surface area contributed by atoms with Crippen LogP contribution in [0.1, 0.15) is 30.9 Å². The number of amides is 1. The molecule has 0 spiro atoms. The standard InChI is InChI=1S/C16H21NO3/c1-5-16(15(19)20-4)9-13(18)17(10-16)14-11(2)7-6-8-12(14)3/h6-8H,5,9-10H2,1-4H3. The lowest BCUT2D eigenvalue weighted by Crippen LogP contribution is -2.35. The lowest BCUT2D eigenvalue weighted by atomic mass is 9.84. The van der Waals surface area contributed by atoms with Crippen LogP contribution in [0, 0.1) is 19.3 Å². The van der Waals surface area contributed by atoms with Gasteiger partial charge in [-0.2, -0.15) is 0 Å². The number of ether oxygens (including phenoxy) is 1. The molecule has 4 heteroatoms. The molecule has 2 rings (SSSR count). The van der Waals surface area contributed by atoms with Crippen LogP contribution in [-0.4, -0.2) is 25.5 Å². The molecule has 108 valence electrons. The normalized spacial score (nSPS) is 22.2. The third-order valence-corrected chi connectivity index (χ3v) is 4.26. The second-order valence-corrected chi connectivity index (χ2v) is 5.52. The summed E-state index contributed by atoms with van der Waals surface area (Å²) in [6.07, 6.45) is 0.830. The van der Waals surface area contributed by atoms with Crippen molar-refractivity contribution >= 4 is 17.6 Å². The molecule has 1 unspecified atom stereocenters. The Morgan fingerprint density at radius 3 is 2.45 bits per heavy atom. The Labute approximate surface area is 119 Å². The fourth-order valence-electron chi connectivity index (χ4n) is 3.00. The van der Waals surface area contributed by atoms with Gasteiger partial charge in [0, 0.05) is 18.7 Å². The van der Waals surface area contributed by atoms with Crippen molar-refractivity contribution in [2.45, 2.75) is 33.6 Å². The zero-order chi connectivity index (χ0) is 14.9. The second-order valence-electron chi connectivity index (χ2n) is 5.52. The van der Waals surface area contributed by atoms with E-state index in [2.05, 4.69) is 0 Å². The maximum Gasteiger partial charge on any atom is 0.314 e. The average Bonchev–Trinajstić information content (AvgIpc) is 2.76. The number of carbonyl (C=O) groups is 2. The highest BCUT2D eigenvalue weighted by Gasteiger charge is 2.49. The molecule has 1 saturated heterocycles. The summed E-state index contributed by atoms with van der Waals surface area (Å²) in [5.74, 6) is -0.295. The van der Waals surface area contributed by atoms with E-state index in [4.69, 9.17) is 4.74 Å². The zero-order valence-corrected chi connectivity index (χ0v) is 12.5. The number of para-hydroxylation sites is 1. The summed E-state index contributed by atoms with van der Waals surface area (Å²) >= 11 is 0. The van der Waals surface area contributed by atoms with E-state index in [1.165, 1.54) is 7.11 Å². The van der Waals surface area contributed by atoms with Gasteiger partial charge in [-0.05, 0) is 31.4 Å². The SMILES string of the molecule is CCC1(C(=O)OC)CC(=O)N(c2c(C)cccc2C)C1. The summed E-state index contributed by atoms with van der Waals surface area (Å²) in [4.78, 5) is 26.2. The number of rotatable bonds is 3. The lowest BCUT2D eigenvalue weighted by molar-refractivity contribution is -0.152. The van der Waals surface area contributed by atoms with Gasteiger partial charge >= 0.3 is 5.97 Å². The molecule has 1 aliphatic rings. The minimum absolute atomic E-state index is 0.00495. The molecule has 1 heterocycles. The molecule has 1 aromatic rings. The van der Waals surface area contributed by atoms with Crippen LogP contribution in [0.4, 0.5) is 5.69 Å². The Hall–Kier alpha value is -1.84. The number of carbonyl (C=O) groups excluding carboxylic acids is 2. The molecule has 0 N–H and O–H groups in total. The van der Waals surface area contributed by atoms with E-state index in [0.717, 1.165) is 16.8 Å². The number of esters is 1. The van der Waals surface area contributed by atoms with E-state index in [1.807, 2.05) is 39.0 Å². The van der Waals surface area contributed by atoms with Crippen LogP contribution in [-0.2, 0) is 14.3 Å². The van der Waals surface area contributed by atoms with Gasteiger partial charge < -0.3 is 9.64 Å². The van der Waals surface area contributed by atoms with Gasteiger partial charge in [-0.15, -0.1) is 0 Å². The van der Waals surface area contributed by atoms with Crippen LogP contribution in [0.3, 0.4) is 0 Å². The third kappa shape index (κ3) is 2.19. The molecule has 4 nitrogen and oxygen atoms in total. The first-order valence-corrected chi connectivity index (χ1v) is 6.90. The summed E-state index contributed by atoms with van der Waals surface area (Å²) in [5, 5.41) is 0. The van der Waals surface area contributed by atoms with Crippen molar-refractivity contribution in [1.29, 1.82) is 0 Å². The van der Waals surface area contributed by atoms with Crippen molar-refractivity contribution < 1.29 is 14.3 Å². The van der Waals surface area contributed by atoms with E-state index >= 15 is 0 Å². The molecule has 1 fully saturated rings. The molecule has 1 aromatic carbocycles. The van der Waals surface area contributed by atoms with Gasteiger partial charge in [0.25, 0.3) is 0 Å². The van der Waals surface area contributed by atoms with Crippen molar-refractivity contribution in [1.82, 2.24) is 0 Å². The van der Waals surface area contributed by atoms with E-state index in [1.54, 1.807) is 4.90 Å². The van der Waals surface area contributed by atoms with Crippen molar-refractivity contribution in [2.75, 3.05) is 18.6 Å². The summed E-state index contributed by atoms with van der Waals surface area (Å²) in [7, 11) is 1.38. The first kappa shape index (κ1) is 14.6. The Balaban J connectivity index is 2.41. The first-order valence-electron chi connectivity index (χ1n) is 6.90. The fraction of sp³-hybridized carbons (Fsp3) is 0.500. The Kier molecular flexibility index (Phi) is 3.84. The smallest absolute Gasteiger partial charge is 0.314 e. The van der Waals surface area contributed by atoms with Gasteiger partial charge in [0.05, 0.1) is 12.5 Å². The lowest BCUT2D eigenvalue weighted by Gasteiger charge is -2.26. The van der Waals surface area contributed by atoms with Crippen molar-refractivity contribution in [3.05, 3.63) is 29.3 Å².